The average Bonchev–Trinajstić information content (AvgIpc) is 3.46. The van der Waals surface area contributed by atoms with Gasteiger partial charge in [-0.1, -0.05) is 68.8 Å². The predicted molar refractivity (Wildman–Crippen MR) is 149 cm³/mol. The number of rotatable bonds is 9. The van der Waals surface area contributed by atoms with Crippen LogP contribution in [0, 0.1) is 5.92 Å². The molecule has 3 aromatic rings. The quantitative estimate of drug-likeness (QED) is 0.268. The third-order valence-corrected chi connectivity index (χ3v) is 7.79. The van der Waals surface area contributed by atoms with Crippen LogP contribution in [0.25, 0.3) is 11.1 Å². The lowest BCUT2D eigenvalue weighted by Crippen LogP contribution is -2.47. The Morgan fingerprint density at radius 1 is 1.05 bits per heavy atom. The molecule has 222 valence electrons. The molecule has 2 heterocycles. The maximum atomic E-state index is 13.1. The Morgan fingerprint density at radius 2 is 1.69 bits per heavy atom. The number of aliphatic hydroxyl groups is 2. The summed E-state index contributed by atoms with van der Waals surface area (Å²) in [6, 6.07) is 14.9. The Hall–Kier alpha value is -4.33. The third kappa shape index (κ3) is 5.71. The smallest absolute Gasteiger partial charge is 0.407 e. The third-order valence-electron chi connectivity index (χ3n) is 7.79. The molecule has 5 N–H and O–H groups in total. The topological polar surface area (TPSA) is 188 Å². The van der Waals surface area contributed by atoms with Gasteiger partial charge in [0.05, 0.1) is 6.20 Å². The van der Waals surface area contributed by atoms with Gasteiger partial charge in [0.15, 0.2) is 6.23 Å². The number of aliphatic hydroxyl groups excluding tert-OH is 2. The van der Waals surface area contributed by atoms with Gasteiger partial charge in [-0.25, -0.2) is 14.4 Å². The fourth-order valence-electron chi connectivity index (χ4n) is 5.29. The molecule has 5 rings (SSSR count). The van der Waals surface area contributed by atoms with Gasteiger partial charge in [-0.2, -0.15) is 14.8 Å². The average molecular weight is 580 g/mol. The van der Waals surface area contributed by atoms with Gasteiger partial charge in [0.25, 0.3) is 0 Å². The Labute approximate surface area is 241 Å². The first-order valence-corrected chi connectivity index (χ1v) is 13.7. The molecule has 2 aliphatic rings. The number of nitrogens with zero attached hydrogens (tertiary/aromatic N) is 3. The van der Waals surface area contributed by atoms with Crippen LogP contribution in [-0.4, -0.2) is 74.6 Å². The molecule has 1 aliphatic heterocycles. The first-order chi connectivity index (χ1) is 20.2. The van der Waals surface area contributed by atoms with Crippen LogP contribution in [0.15, 0.2) is 59.5 Å². The maximum Gasteiger partial charge on any atom is 0.407 e. The summed E-state index contributed by atoms with van der Waals surface area (Å²) >= 11 is 0. The Morgan fingerprint density at radius 3 is 2.31 bits per heavy atom. The van der Waals surface area contributed by atoms with E-state index in [1.165, 1.54) is 0 Å². The van der Waals surface area contributed by atoms with Gasteiger partial charge >= 0.3 is 17.8 Å². The number of nitrogens with two attached hydrogens (primary N) is 1. The van der Waals surface area contributed by atoms with Crippen molar-refractivity contribution in [3.63, 3.8) is 0 Å². The molecule has 1 saturated heterocycles. The first kappa shape index (κ1) is 29.2. The zero-order valence-corrected chi connectivity index (χ0v) is 23.1. The van der Waals surface area contributed by atoms with Crippen LogP contribution in [0.4, 0.5) is 10.6 Å². The van der Waals surface area contributed by atoms with E-state index in [1.807, 2.05) is 55.5 Å². The van der Waals surface area contributed by atoms with Gasteiger partial charge in [-0.15, -0.1) is 0 Å². The standard InChI is InChI=1S/C29H33N5O8/c1-3-15(2)23(27(37)40-14-21-24(35)25(36)26(42-21)34-28(38)32-22(30)12-31-34)33-29(39)41-13-20-18-10-6-4-8-16(18)17-9-5-7-11-19(17)20/h4-12,15,20-21,23-26,35-36H,3,13-14H2,1-2H3,(H,33,39)(H2,30,32,38)/t15-,21-,23?,24?,25+,26-/m1/s1. The van der Waals surface area contributed by atoms with E-state index in [4.69, 9.17) is 19.9 Å². The van der Waals surface area contributed by atoms with Gasteiger partial charge in [0.1, 0.15) is 43.4 Å². The molecule has 13 nitrogen and oxygen atoms in total. The highest BCUT2D eigenvalue weighted by Crippen LogP contribution is 2.44. The Kier molecular flexibility index (Phi) is 8.52. The zero-order chi connectivity index (χ0) is 30.0. The summed E-state index contributed by atoms with van der Waals surface area (Å²) in [7, 11) is 0. The molecule has 2 aromatic carbocycles. The molecule has 0 saturated carbocycles. The number of nitrogen functional groups attached to an aromatic ring is 1. The van der Waals surface area contributed by atoms with Crippen molar-refractivity contribution in [2.75, 3.05) is 18.9 Å². The van der Waals surface area contributed by atoms with Crippen molar-refractivity contribution in [2.45, 2.75) is 56.8 Å². The number of alkyl carbamates (subject to hydrolysis) is 1. The number of amides is 1. The summed E-state index contributed by atoms with van der Waals surface area (Å²) in [5, 5.41) is 27.3. The maximum absolute atomic E-state index is 13.1. The molecular formula is C29H33N5O8. The second-order valence-corrected chi connectivity index (χ2v) is 10.4. The fraction of sp³-hybridized carbons (Fsp3) is 0.414. The number of aromatic nitrogens is 3. The SMILES string of the molecule is CC[C@@H](C)C(NC(=O)OCC1c2ccccc2-c2ccccc21)C(=O)OC[C@H]1O[C@@H](n2ncc(N)nc2=O)[C@@H](O)C1O. The van der Waals surface area contributed by atoms with Gasteiger partial charge in [0, 0.05) is 5.92 Å². The first-order valence-electron chi connectivity index (χ1n) is 13.7. The number of nitrogens with one attached hydrogen (secondary N) is 1. The Balaban J connectivity index is 1.20. The van der Waals surface area contributed by atoms with Crippen LogP contribution in [0.1, 0.15) is 43.5 Å². The zero-order valence-electron chi connectivity index (χ0n) is 23.1. The van der Waals surface area contributed by atoms with E-state index >= 15 is 0 Å². The van der Waals surface area contributed by atoms with Crippen LogP contribution in [0.5, 0.6) is 0 Å². The number of fused-ring (bicyclic) bond motifs is 3. The number of ether oxygens (including phenoxy) is 3. The molecule has 0 radical (unpaired) electrons. The van der Waals surface area contributed by atoms with Crippen molar-refractivity contribution in [3.05, 3.63) is 76.3 Å². The molecule has 1 amide bonds. The highest BCUT2D eigenvalue weighted by atomic mass is 16.6. The van der Waals surface area contributed by atoms with Crippen molar-refractivity contribution in [3.8, 4) is 11.1 Å². The molecule has 0 spiro atoms. The molecule has 1 aromatic heterocycles. The van der Waals surface area contributed by atoms with Crippen molar-refractivity contribution in [1.82, 2.24) is 20.1 Å². The second kappa shape index (κ2) is 12.3. The van der Waals surface area contributed by atoms with Crippen LogP contribution in [0.3, 0.4) is 0 Å². The molecule has 42 heavy (non-hydrogen) atoms. The molecule has 2 unspecified atom stereocenters. The fourth-order valence-corrected chi connectivity index (χ4v) is 5.29. The molecule has 6 atom stereocenters. The van der Waals surface area contributed by atoms with Crippen molar-refractivity contribution in [2.24, 2.45) is 5.92 Å². The van der Waals surface area contributed by atoms with Crippen molar-refractivity contribution in [1.29, 1.82) is 0 Å². The summed E-state index contributed by atoms with van der Waals surface area (Å²) in [5.41, 5.74) is 8.89. The minimum Gasteiger partial charge on any atom is -0.461 e. The Bertz CT molecular complexity index is 1470. The van der Waals surface area contributed by atoms with E-state index in [1.54, 1.807) is 6.92 Å². The van der Waals surface area contributed by atoms with Crippen LogP contribution in [-0.2, 0) is 19.0 Å². The molecule has 1 fully saturated rings. The van der Waals surface area contributed by atoms with Crippen LogP contribution < -0.4 is 16.7 Å². The monoisotopic (exact) mass is 579 g/mol. The summed E-state index contributed by atoms with van der Waals surface area (Å²) in [5.74, 6) is -1.34. The van der Waals surface area contributed by atoms with E-state index in [0.29, 0.717) is 6.42 Å². The molecule has 13 heteroatoms. The molecule has 0 bridgehead atoms. The molecular weight excluding hydrogens is 546 g/mol. The summed E-state index contributed by atoms with van der Waals surface area (Å²) < 4.78 is 17.3. The number of hydrogen-bond acceptors (Lipinski definition) is 11. The number of hydrogen-bond donors (Lipinski definition) is 4. The van der Waals surface area contributed by atoms with Crippen molar-refractivity contribution >= 4 is 17.9 Å². The lowest BCUT2D eigenvalue weighted by Gasteiger charge is -2.24. The van der Waals surface area contributed by atoms with Crippen LogP contribution in [0.2, 0.25) is 0 Å². The predicted octanol–water partition coefficient (Wildman–Crippen LogP) is 1.34. The van der Waals surface area contributed by atoms with E-state index < -0.39 is 54.9 Å². The van der Waals surface area contributed by atoms with Gasteiger partial charge in [-0.3, -0.25) is 0 Å². The highest BCUT2D eigenvalue weighted by molar-refractivity contribution is 5.82. The van der Waals surface area contributed by atoms with Gasteiger partial charge in [0.2, 0.25) is 0 Å². The van der Waals surface area contributed by atoms with E-state index in [2.05, 4.69) is 15.4 Å². The normalized spacial score (nSPS) is 22.6. The number of anilines is 1. The lowest BCUT2D eigenvalue weighted by molar-refractivity contribution is -0.154. The van der Waals surface area contributed by atoms with Crippen molar-refractivity contribution < 1.29 is 34.0 Å². The molecule has 1 aliphatic carbocycles. The highest BCUT2D eigenvalue weighted by Gasteiger charge is 2.46. The lowest BCUT2D eigenvalue weighted by atomic mass is 9.98. The number of benzene rings is 2. The number of carbonyl (C=O) groups is 2. The summed E-state index contributed by atoms with van der Waals surface area (Å²) in [4.78, 5) is 41.6. The largest absolute Gasteiger partial charge is 0.461 e. The number of esters is 1. The van der Waals surface area contributed by atoms with Crippen LogP contribution >= 0.6 is 0 Å². The summed E-state index contributed by atoms with van der Waals surface area (Å²) in [6.07, 6.45) is -4.71. The minimum atomic E-state index is -1.55. The second-order valence-electron chi connectivity index (χ2n) is 10.4. The van der Waals surface area contributed by atoms with E-state index in [0.717, 1.165) is 33.1 Å². The van der Waals surface area contributed by atoms with Gasteiger partial charge < -0.3 is 35.5 Å². The minimum absolute atomic E-state index is 0.0803. The van der Waals surface area contributed by atoms with E-state index in [9.17, 15) is 24.6 Å². The summed E-state index contributed by atoms with van der Waals surface area (Å²) in [6.45, 7) is 3.27. The number of carbonyl (C=O) groups excluding carboxylic acids is 2. The van der Waals surface area contributed by atoms with Gasteiger partial charge in [-0.05, 0) is 28.2 Å². The van der Waals surface area contributed by atoms with E-state index in [-0.39, 0.29) is 24.3 Å².